The fourth-order valence-electron chi connectivity index (χ4n) is 2.78. The predicted molar refractivity (Wildman–Crippen MR) is 82.6 cm³/mol. The minimum absolute atomic E-state index is 0.320. The second-order valence-electron chi connectivity index (χ2n) is 5.84. The highest BCUT2D eigenvalue weighted by Gasteiger charge is 2.22. The number of hydrogen-bond donors (Lipinski definition) is 0. The lowest BCUT2D eigenvalue weighted by Gasteiger charge is -2.26. The zero-order valence-electron chi connectivity index (χ0n) is 11.8. The third-order valence-corrected chi connectivity index (χ3v) is 4.84. The molecule has 0 radical (unpaired) electrons. The van der Waals surface area contributed by atoms with Gasteiger partial charge < -0.3 is 9.47 Å². The molecule has 21 heavy (non-hydrogen) atoms. The van der Waals surface area contributed by atoms with E-state index in [9.17, 15) is 0 Å². The van der Waals surface area contributed by atoms with Crippen molar-refractivity contribution in [2.24, 2.45) is 0 Å². The van der Waals surface area contributed by atoms with Gasteiger partial charge in [-0.3, -0.25) is 4.68 Å². The molecule has 2 fully saturated rings. The predicted octanol–water partition coefficient (Wildman–Crippen LogP) is 3.48. The van der Waals surface area contributed by atoms with Gasteiger partial charge in [-0.2, -0.15) is 10.1 Å². The standard InChI is InChI=1S/C15H18BrN3O2/c16-13-7-10-8-19(11-3-2-6-20-9-11)18-14(10)17-15(13)21-12-4-1-5-12/h7-8,11-12H,1-6,9H2. The monoisotopic (exact) mass is 351 g/mol. The molecule has 1 aliphatic heterocycles. The van der Waals surface area contributed by atoms with Crippen LogP contribution in [0, 0.1) is 0 Å². The van der Waals surface area contributed by atoms with Gasteiger partial charge in [0, 0.05) is 18.2 Å². The molecule has 1 unspecified atom stereocenters. The smallest absolute Gasteiger partial charge is 0.230 e. The highest BCUT2D eigenvalue weighted by molar-refractivity contribution is 9.10. The van der Waals surface area contributed by atoms with E-state index in [-0.39, 0.29) is 0 Å². The zero-order valence-corrected chi connectivity index (χ0v) is 13.4. The molecule has 1 saturated heterocycles. The molecule has 5 nitrogen and oxygen atoms in total. The summed E-state index contributed by atoms with van der Waals surface area (Å²) in [6.45, 7) is 1.60. The number of aromatic nitrogens is 3. The molecule has 2 aromatic heterocycles. The van der Waals surface area contributed by atoms with E-state index in [1.54, 1.807) is 0 Å². The molecule has 1 saturated carbocycles. The Bertz CT molecular complexity index is 648. The highest BCUT2D eigenvalue weighted by Crippen LogP contribution is 2.32. The molecule has 0 aromatic carbocycles. The van der Waals surface area contributed by atoms with Gasteiger partial charge in [0.2, 0.25) is 5.88 Å². The van der Waals surface area contributed by atoms with Crippen LogP contribution in [-0.4, -0.2) is 34.1 Å². The Hall–Kier alpha value is -1.14. The van der Waals surface area contributed by atoms with E-state index in [1.807, 2.05) is 10.7 Å². The second kappa shape index (κ2) is 5.57. The van der Waals surface area contributed by atoms with Crippen molar-refractivity contribution in [2.75, 3.05) is 13.2 Å². The van der Waals surface area contributed by atoms with E-state index >= 15 is 0 Å². The Morgan fingerprint density at radius 1 is 1.29 bits per heavy atom. The fraction of sp³-hybridized carbons (Fsp3) is 0.600. The van der Waals surface area contributed by atoms with Crippen molar-refractivity contribution in [3.05, 3.63) is 16.7 Å². The molecule has 1 atom stereocenters. The molecular weight excluding hydrogens is 334 g/mol. The third kappa shape index (κ3) is 2.66. The minimum Gasteiger partial charge on any atom is -0.474 e. The molecule has 0 N–H and O–H groups in total. The Labute approximate surface area is 131 Å². The second-order valence-corrected chi connectivity index (χ2v) is 6.69. The van der Waals surface area contributed by atoms with E-state index in [0.717, 1.165) is 54.4 Å². The number of fused-ring (bicyclic) bond motifs is 1. The maximum Gasteiger partial charge on any atom is 0.230 e. The van der Waals surface area contributed by atoms with Crippen molar-refractivity contribution >= 4 is 27.0 Å². The summed E-state index contributed by atoms with van der Waals surface area (Å²) in [4.78, 5) is 4.57. The molecule has 6 heteroatoms. The normalized spacial score (nSPS) is 23.2. The first-order valence-corrected chi connectivity index (χ1v) is 8.39. The van der Waals surface area contributed by atoms with Gasteiger partial charge in [-0.05, 0) is 54.1 Å². The van der Waals surface area contributed by atoms with Crippen LogP contribution >= 0.6 is 15.9 Å². The number of halogens is 1. The van der Waals surface area contributed by atoms with Crippen LogP contribution in [0.15, 0.2) is 16.7 Å². The van der Waals surface area contributed by atoms with E-state index < -0.39 is 0 Å². The number of ether oxygens (including phenoxy) is 2. The van der Waals surface area contributed by atoms with Crippen molar-refractivity contribution < 1.29 is 9.47 Å². The first kappa shape index (κ1) is 13.5. The SMILES string of the molecule is Brc1cc2cn(C3CCCOC3)nc2nc1OC1CCC1. The van der Waals surface area contributed by atoms with Gasteiger partial charge in [-0.25, -0.2) is 0 Å². The summed E-state index contributed by atoms with van der Waals surface area (Å²) in [6.07, 6.45) is 8.08. The molecule has 0 spiro atoms. The van der Waals surface area contributed by atoms with Gasteiger partial charge in [0.15, 0.2) is 5.65 Å². The van der Waals surface area contributed by atoms with Gasteiger partial charge in [0.05, 0.1) is 17.1 Å². The summed E-state index contributed by atoms with van der Waals surface area (Å²) in [5.41, 5.74) is 0.748. The number of nitrogens with zero attached hydrogens (tertiary/aromatic N) is 3. The van der Waals surface area contributed by atoms with Crippen LogP contribution in [0.4, 0.5) is 0 Å². The minimum atomic E-state index is 0.320. The number of hydrogen-bond acceptors (Lipinski definition) is 4. The van der Waals surface area contributed by atoms with E-state index in [1.165, 1.54) is 6.42 Å². The molecule has 1 aliphatic carbocycles. The van der Waals surface area contributed by atoms with Crippen molar-refractivity contribution in [1.82, 2.24) is 14.8 Å². The van der Waals surface area contributed by atoms with Crippen molar-refractivity contribution in [3.63, 3.8) is 0 Å². The van der Waals surface area contributed by atoms with Gasteiger partial charge >= 0.3 is 0 Å². The summed E-state index contributed by atoms with van der Waals surface area (Å²) in [5, 5.41) is 5.65. The van der Waals surface area contributed by atoms with Crippen LogP contribution in [0.5, 0.6) is 5.88 Å². The molecular formula is C15H18BrN3O2. The molecule has 4 rings (SSSR count). The van der Waals surface area contributed by atoms with Crippen LogP contribution in [-0.2, 0) is 4.74 Å². The maximum atomic E-state index is 5.91. The van der Waals surface area contributed by atoms with Crippen molar-refractivity contribution in [2.45, 2.75) is 44.2 Å². The molecule has 2 aromatic rings. The molecule has 2 aliphatic rings. The van der Waals surface area contributed by atoms with Crippen LogP contribution in [0.1, 0.15) is 38.1 Å². The molecule has 112 valence electrons. The van der Waals surface area contributed by atoms with E-state index in [2.05, 4.69) is 32.2 Å². The lowest BCUT2D eigenvalue weighted by molar-refractivity contribution is 0.0551. The summed E-state index contributed by atoms with van der Waals surface area (Å²) in [7, 11) is 0. The van der Waals surface area contributed by atoms with Crippen LogP contribution < -0.4 is 4.74 Å². The average Bonchev–Trinajstić information content (AvgIpc) is 2.86. The fourth-order valence-corrected chi connectivity index (χ4v) is 3.21. The Kier molecular flexibility index (Phi) is 3.59. The highest BCUT2D eigenvalue weighted by atomic mass is 79.9. The largest absolute Gasteiger partial charge is 0.474 e. The molecule has 0 bridgehead atoms. The van der Waals surface area contributed by atoms with Gasteiger partial charge in [0.1, 0.15) is 6.10 Å². The van der Waals surface area contributed by atoms with Crippen molar-refractivity contribution in [3.8, 4) is 5.88 Å². The summed E-state index contributed by atoms with van der Waals surface area (Å²) < 4.78 is 14.4. The molecule has 0 amide bonds. The van der Waals surface area contributed by atoms with Crippen LogP contribution in [0.2, 0.25) is 0 Å². The van der Waals surface area contributed by atoms with Gasteiger partial charge in [-0.15, -0.1) is 0 Å². The first-order chi connectivity index (χ1) is 10.3. The van der Waals surface area contributed by atoms with Crippen LogP contribution in [0.25, 0.3) is 11.0 Å². The topological polar surface area (TPSA) is 49.2 Å². The summed E-state index contributed by atoms with van der Waals surface area (Å²) in [6, 6.07) is 2.37. The Morgan fingerprint density at radius 3 is 2.90 bits per heavy atom. The zero-order chi connectivity index (χ0) is 14.2. The van der Waals surface area contributed by atoms with E-state index in [0.29, 0.717) is 18.0 Å². The molecule has 3 heterocycles. The Balaban J connectivity index is 1.63. The van der Waals surface area contributed by atoms with Gasteiger partial charge in [0.25, 0.3) is 0 Å². The number of rotatable bonds is 3. The quantitative estimate of drug-likeness (QED) is 0.849. The van der Waals surface area contributed by atoms with E-state index in [4.69, 9.17) is 9.47 Å². The van der Waals surface area contributed by atoms with Crippen molar-refractivity contribution in [1.29, 1.82) is 0 Å². The number of pyridine rings is 1. The lowest BCUT2D eigenvalue weighted by atomic mass is 9.96. The van der Waals surface area contributed by atoms with Crippen LogP contribution in [0.3, 0.4) is 0 Å². The first-order valence-electron chi connectivity index (χ1n) is 7.59. The summed E-state index contributed by atoms with van der Waals surface area (Å²) in [5.74, 6) is 0.664. The Morgan fingerprint density at radius 2 is 2.19 bits per heavy atom. The van der Waals surface area contributed by atoms with Gasteiger partial charge in [-0.1, -0.05) is 0 Å². The average molecular weight is 352 g/mol. The summed E-state index contributed by atoms with van der Waals surface area (Å²) >= 11 is 3.56. The maximum absolute atomic E-state index is 5.91. The third-order valence-electron chi connectivity index (χ3n) is 4.27. The lowest BCUT2D eigenvalue weighted by Crippen LogP contribution is -2.25.